The molecule has 2 aromatic heterocycles. The zero-order valence-electron chi connectivity index (χ0n) is 17.2. The summed E-state index contributed by atoms with van der Waals surface area (Å²) in [6, 6.07) is 10.2. The van der Waals surface area contributed by atoms with Crippen molar-refractivity contribution in [2.45, 2.75) is 29.9 Å². The van der Waals surface area contributed by atoms with Gasteiger partial charge >= 0.3 is 0 Å². The van der Waals surface area contributed by atoms with E-state index in [0.29, 0.717) is 48.7 Å². The van der Waals surface area contributed by atoms with Gasteiger partial charge in [-0.2, -0.15) is 0 Å². The molecule has 31 heavy (non-hydrogen) atoms. The van der Waals surface area contributed by atoms with Crippen LogP contribution in [0.3, 0.4) is 0 Å². The van der Waals surface area contributed by atoms with E-state index in [1.165, 1.54) is 11.8 Å². The van der Waals surface area contributed by atoms with Crippen LogP contribution in [-0.4, -0.2) is 50.6 Å². The number of aryl methyl sites for hydroxylation is 1. The molecule has 1 fully saturated rings. The highest BCUT2D eigenvalue weighted by atomic mass is 32.2. The fraction of sp³-hybridized carbons (Fsp3) is 0.318. The second-order valence-electron chi connectivity index (χ2n) is 7.43. The van der Waals surface area contributed by atoms with Gasteiger partial charge in [0.05, 0.1) is 11.9 Å². The van der Waals surface area contributed by atoms with Gasteiger partial charge in [0.15, 0.2) is 10.9 Å². The summed E-state index contributed by atoms with van der Waals surface area (Å²) in [5.74, 6) is 1.07. The number of carbonyl (C=O) groups excluding carboxylic acids is 2. The van der Waals surface area contributed by atoms with E-state index < -0.39 is 0 Å². The molecule has 4 rings (SSSR count). The summed E-state index contributed by atoms with van der Waals surface area (Å²) in [5, 5.41) is 13.2. The molecular formula is C22H24N4O4S. The Morgan fingerprint density at radius 1 is 1.19 bits per heavy atom. The average Bonchev–Trinajstić information content (AvgIpc) is 3.42. The van der Waals surface area contributed by atoms with Crippen molar-refractivity contribution in [2.24, 2.45) is 7.05 Å². The number of nitrogens with zero attached hydrogens (tertiary/aromatic N) is 3. The Hall–Kier alpha value is -3.04. The second-order valence-corrected chi connectivity index (χ2v) is 8.37. The predicted octanol–water partition coefficient (Wildman–Crippen LogP) is 3.15. The molecule has 2 amide bonds. The van der Waals surface area contributed by atoms with Gasteiger partial charge < -0.3 is 24.3 Å². The van der Waals surface area contributed by atoms with Crippen LogP contribution in [0.2, 0.25) is 0 Å². The third kappa shape index (κ3) is 5.18. The summed E-state index contributed by atoms with van der Waals surface area (Å²) in [7, 11) is 1.92. The molecular weight excluding hydrogens is 416 g/mol. The van der Waals surface area contributed by atoms with E-state index in [-0.39, 0.29) is 23.7 Å². The number of thioether (sulfide) groups is 1. The molecule has 0 bridgehead atoms. The van der Waals surface area contributed by atoms with Crippen molar-refractivity contribution in [2.75, 3.05) is 18.4 Å². The highest BCUT2D eigenvalue weighted by molar-refractivity contribution is 7.98. The molecule has 1 saturated heterocycles. The summed E-state index contributed by atoms with van der Waals surface area (Å²) < 4.78 is 7.58. The maximum Gasteiger partial charge on any atom is 0.291 e. The minimum Gasteiger partial charge on any atom is -0.455 e. The highest BCUT2D eigenvalue weighted by Crippen LogP contribution is 2.22. The number of furan rings is 1. The summed E-state index contributed by atoms with van der Waals surface area (Å²) in [6.45, 7) is 1.11. The van der Waals surface area contributed by atoms with Crippen LogP contribution in [0.25, 0.3) is 0 Å². The lowest BCUT2D eigenvalue weighted by Crippen LogP contribution is -2.40. The molecule has 1 aliphatic heterocycles. The number of anilines is 1. The monoisotopic (exact) mass is 440 g/mol. The number of imidazole rings is 1. The number of aliphatic hydroxyl groups is 1. The van der Waals surface area contributed by atoms with Crippen molar-refractivity contribution in [3.8, 4) is 0 Å². The number of piperidine rings is 1. The quantitative estimate of drug-likeness (QED) is 0.571. The van der Waals surface area contributed by atoms with E-state index in [1.54, 1.807) is 47.5 Å². The maximum atomic E-state index is 12.6. The van der Waals surface area contributed by atoms with Crippen LogP contribution in [0.15, 0.2) is 58.4 Å². The third-order valence-electron chi connectivity index (χ3n) is 5.15. The first-order chi connectivity index (χ1) is 15.0. The molecule has 8 nitrogen and oxygen atoms in total. The van der Waals surface area contributed by atoms with Gasteiger partial charge in [-0.3, -0.25) is 9.59 Å². The number of hydrogen-bond acceptors (Lipinski definition) is 6. The summed E-state index contributed by atoms with van der Waals surface area (Å²) in [4.78, 5) is 31.0. The minimum atomic E-state index is -0.350. The van der Waals surface area contributed by atoms with E-state index in [1.807, 2.05) is 17.8 Å². The Labute approximate surface area is 184 Å². The lowest BCUT2D eigenvalue weighted by atomic mass is 10.1. The van der Waals surface area contributed by atoms with E-state index in [0.717, 1.165) is 5.16 Å². The summed E-state index contributed by atoms with van der Waals surface area (Å²) in [6.07, 6.45) is 4.49. The minimum absolute atomic E-state index is 0.0642. The average molecular weight is 441 g/mol. The molecule has 9 heteroatoms. The molecule has 0 aliphatic carbocycles. The lowest BCUT2D eigenvalue weighted by Gasteiger charge is -2.29. The van der Waals surface area contributed by atoms with Crippen molar-refractivity contribution in [3.05, 3.63) is 65.9 Å². The fourth-order valence-electron chi connectivity index (χ4n) is 3.34. The molecule has 3 heterocycles. The number of nitrogens with one attached hydrogen (secondary N) is 1. The number of carbonyl (C=O) groups is 2. The summed E-state index contributed by atoms with van der Waals surface area (Å²) in [5.41, 5.74) is 1.14. The number of aromatic nitrogens is 2. The van der Waals surface area contributed by atoms with Crippen LogP contribution in [0.4, 0.5) is 5.69 Å². The molecule has 1 aromatic carbocycles. The fourth-order valence-corrected chi connectivity index (χ4v) is 4.17. The van der Waals surface area contributed by atoms with E-state index in [9.17, 15) is 14.7 Å². The van der Waals surface area contributed by atoms with Crippen LogP contribution in [0, 0.1) is 0 Å². The Morgan fingerprint density at radius 3 is 2.61 bits per heavy atom. The zero-order valence-corrected chi connectivity index (χ0v) is 18.0. The first-order valence-electron chi connectivity index (χ1n) is 10.1. The largest absolute Gasteiger partial charge is 0.455 e. The number of hydrogen-bond donors (Lipinski definition) is 2. The lowest BCUT2D eigenvalue weighted by molar-refractivity contribution is 0.0546. The summed E-state index contributed by atoms with van der Waals surface area (Å²) >= 11 is 1.53. The molecule has 0 radical (unpaired) electrons. The SMILES string of the molecule is Cn1ccnc1SCc1ccc(C(=O)Nc2ccc(C(=O)N3CCC(O)CC3)cc2)o1. The van der Waals surface area contributed by atoms with Gasteiger partial charge in [0.25, 0.3) is 11.8 Å². The molecule has 0 unspecified atom stereocenters. The van der Waals surface area contributed by atoms with Crippen LogP contribution in [0.5, 0.6) is 0 Å². The smallest absolute Gasteiger partial charge is 0.291 e. The predicted molar refractivity (Wildman–Crippen MR) is 117 cm³/mol. The number of aliphatic hydroxyl groups excluding tert-OH is 1. The van der Waals surface area contributed by atoms with Gasteiger partial charge in [-0.05, 0) is 49.2 Å². The van der Waals surface area contributed by atoms with E-state index in [4.69, 9.17) is 4.42 Å². The van der Waals surface area contributed by atoms with Gasteiger partial charge in [-0.25, -0.2) is 4.98 Å². The van der Waals surface area contributed by atoms with Crippen molar-refractivity contribution in [1.29, 1.82) is 0 Å². The number of amides is 2. The molecule has 2 N–H and O–H groups in total. The highest BCUT2D eigenvalue weighted by Gasteiger charge is 2.22. The molecule has 0 spiro atoms. The molecule has 0 saturated carbocycles. The van der Waals surface area contributed by atoms with E-state index in [2.05, 4.69) is 10.3 Å². The number of benzene rings is 1. The third-order valence-corrected chi connectivity index (χ3v) is 6.23. The molecule has 162 valence electrons. The standard InChI is InChI=1S/C22H24N4O4S/c1-25-13-10-23-22(25)31-14-18-6-7-19(30-18)20(28)24-16-4-2-15(3-5-16)21(29)26-11-8-17(27)9-12-26/h2-7,10,13,17,27H,8-9,11-12,14H2,1H3,(H,24,28). The topological polar surface area (TPSA) is 101 Å². The normalized spacial score (nSPS) is 14.6. The zero-order chi connectivity index (χ0) is 21.8. The van der Waals surface area contributed by atoms with Gasteiger partial charge in [0.2, 0.25) is 0 Å². The van der Waals surface area contributed by atoms with Gasteiger partial charge in [-0.1, -0.05) is 11.8 Å². The van der Waals surface area contributed by atoms with Crippen LogP contribution in [-0.2, 0) is 12.8 Å². The molecule has 3 aromatic rings. The van der Waals surface area contributed by atoms with Gasteiger partial charge in [0, 0.05) is 43.8 Å². The van der Waals surface area contributed by atoms with Gasteiger partial charge in [-0.15, -0.1) is 0 Å². The van der Waals surface area contributed by atoms with Crippen molar-refractivity contribution < 1.29 is 19.1 Å². The first-order valence-corrected chi connectivity index (χ1v) is 11.1. The number of rotatable bonds is 6. The Bertz CT molecular complexity index is 1050. The van der Waals surface area contributed by atoms with Crippen molar-refractivity contribution in [1.82, 2.24) is 14.5 Å². The molecule has 0 atom stereocenters. The van der Waals surface area contributed by atoms with Crippen molar-refractivity contribution in [3.63, 3.8) is 0 Å². The van der Waals surface area contributed by atoms with Crippen LogP contribution >= 0.6 is 11.8 Å². The number of likely N-dealkylation sites (tertiary alicyclic amines) is 1. The Balaban J connectivity index is 1.32. The maximum absolute atomic E-state index is 12.6. The van der Waals surface area contributed by atoms with E-state index >= 15 is 0 Å². The first kappa shape index (κ1) is 21.2. The Kier molecular flexibility index (Phi) is 6.43. The Morgan fingerprint density at radius 2 is 1.94 bits per heavy atom. The van der Waals surface area contributed by atoms with Crippen LogP contribution in [0.1, 0.15) is 39.5 Å². The van der Waals surface area contributed by atoms with Crippen LogP contribution < -0.4 is 5.32 Å². The molecule has 1 aliphatic rings. The van der Waals surface area contributed by atoms with Crippen molar-refractivity contribution >= 4 is 29.3 Å². The van der Waals surface area contributed by atoms with Gasteiger partial charge in [0.1, 0.15) is 5.76 Å². The second kappa shape index (κ2) is 9.40.